The van der Waals surface area contributed by atoms with E-state index in [1.165, 1.54) is 18.2 Å². The summed E-state index contributed by atoms with van der Waals surface area (Å²) in [6, 6.07) is 18.5. The quantitative estimate of drug-likeness (QED) is 0.356. The van der Waals surface area contributed by atoms with E-state index >= 15 is 0 Å². The summed E-state index contributed by atoms with van der Waals surface area (Å²) >= 11 is 0. The van der Waals surface area contributed by atoms with Crippen LogP contribution in [0.15, 0.2) is 70.1 Å². The number of aromatic nitrogens is 1. The molecule has 2 bridgehead atoms. The molecule has 4 aromatic rings. The van der Waals surface area contributed by atoms with Crippen molar-refractivity contribution in [1.82, 2.24) is 10.1 Å². The van der Waals surface area contributed by atoms with Gasteiger partial charge >= 0.3 is 0 Å². The second kappa shape index (κ2) is 13.0. The van der Waals surface area contributed by atoms with Crippen LogP contribution in [0.25, 0.3) is 11.1 Å². The molecular formula is C32H35N3O7S. The van der Waals surface area contributed by atoms with Crippen molar-refractivity contribution in [3.05, 3.63) is 94.4 Å². The maximum atomic E-state index is 13.3. The van der Waals surface area contributed by atoms with Crippen molar-refractivity contribution < 1.29 is 31.9 Å². The summed E-state index contributed by atoms with van der Waals surface area (Å²) < 4.78 is 46.4. The van der Waals surface area contributed by atoms with E-state index in [0.717, 1.165) is 45.0 Å². The molecule has 1 aromatic heterocycles. The average molecular weight is 606 g/mol. The van der Waals surface area contributed by atoms with E-state index < -0.39 is 10.0 Å². The molecule has 2 heterocycles. The van der Waals surface area contributed by atoms with Gasteiger partial charge in [0, 0.05) is 25.1 Å². The van der Waals surface area contributed by atoms with Gasteiger partial charge in [0.05, 0.1) is 23.8 Å². The number of hydrogen-bond acceptors (Lipinski definition) is 8. The minimum atomic E-state index is -3.83. The first-order chi connectivity index (χ1) is 20.6. The predicted molar refractivity (Wildman–Crippen MR) is 160 cm³/mol. The van der Waals surface area contributed by atoms with E-state index in [1.807, 2.05) is 38.1 Å². The second-order valence-corrected chi connectivity index (χ2v) is 12.1. The number of nitrogens with two attached hydrogens (primary N) is 1. The fourth-order valence-corrected chi connectivity index (χ4v) is 5.76. The Morgan fingerprint density at radius 1 is 1.00 bits per heavy atom. The highest BCUT2D eigenvalue weighted by Crippen LogP contribution is 2.32. The lowest BCUT2D eigenvalue weighted by Gasteiger charge is -2.24. The van der Waals surface area contributed by atoms with Gasteiger partial charge in [-0.2, -0.15) is 0 Å². The molecule has 0 fully saturated rings. The maximum absolute atomic E-state index is 13.3. The van der Waals surface area contributed by atoms with Crippen LogP contribution in [0.1, 0.15) is 33.7 Å². The van der Waals surface area contributed by atoms with Gasteiger partial charge in [0.1, 0.15) is 23.9 Å². The molecule has 0 aliphatic carbocycles. The molecule has 0 saturated heterocycles. The smallest absolute Gasteiger partial charge is 0.260 e. The van der Waals surface area contributed by atoms with Crippen LogP contribution in [0.4, 0.5) is 0 Å². The number of rotatable bonds is 5. The van der Waals surface area contributed by atoms with E-state index in [4.69, 9.17) is 23.9 Å². The molecule has 0 spiro atoms. The van der Waals surface area contributed by atoms with E-state index in [-0.39, 0.29) is 17.4 Å². The summed E-state index contributed by atoms with van der Waals surface area (Å²) in [6.45, 7) is 7.13. The van der Waals surface area contributed by atoms with Crippen molar-refractivity contribution in [2.45, 2.75) is 38.6 Å². The molecule has 1 aliphatic heterocycles. The molecule has 5 rings (SSSR count). The molecule has 0 unspecified atom stereocenters. The van der Waals surface area contributed by atoms with Gasteiger partial charge in [-0.25, -0.2) is 13.6 Å². The monoisotopic (exact) mass is 605 g/mol. The molecule has 43 heavy (non-hydrogen) atoms. The number of primary sulfonamides is 1. The second-order valence-electron chi connectivity index (χ2n) is 10.6. The Kier molecular flexibility index (Phi) is 9.14. The van der Waals surface area contributed by atoms with Gasteiger partial charge in [-0.3, -0.25) is 4.79 Å². The fourth-order valence-electron chi connectivity index (χ4n) is 5.16. The Balaban J connectivity index is 1.35. The summed E-state index contributed by atoms with van der Waals surface area (Å²) in [7, 11) is -3.83. The van der Waals surface area contributed by atoms with Gasteiger partial charge in [-0.05, 0) is 78.9 Å². The molecule has 0 radical (unpaired) electrons. The number of nitrogens with zero attached hydrogens (tertiary/aromatic N) is 2. The first kappa shape index (κ1) is 30.3. The van der Waals surface area contributed by atoms with Crippen molar-refractivity contribution in [1.29, 1.82) is 0 Å². The first-order valence-electron chi connectivity index (χ1n) is 14.0. The minimum absolute atomic E-state index is 0.0120. The number of carbonyl (C=O) groups is 1. The third kappa shape index (κ3) is 7.42. The van der Waals surface area contributed by atoms with Crippen LogP contribution in [-0.4, -0.2) is 57.4 Å². The standard InChI is InChI=1S/C32H35N3O7S/c1-21-15-28(43(33,37)38)8-10-29(21)41-20-31(36)35-11-12-39-13-14-40-30-9-7-26(32-22(2)34-42-23(32)3)18-27(30)17-24-5-4-6-25(16-24)19-35/h4-10,15-16,18H,11-14,17,19-20H2,1-3H3,(H2,33,37,38). The molecule has 10 nitrogen and oxygen atoms in total. The SMILES string of the molecule is Cc1cc(S(N)(=O)=O)ccc1OCC(=O)N1CCOCCOc2ccc(-c3c(C)noc3C)cc2Cc2cccc(c2)C1. The Morgan fingerprint density at radius 2 is 1.81 bits per heavy atom. The van der Waals surface area contributed by atoms with Crippen molar-refractivity contribution in [3.63, 3.8) is 0 Å². The molecule has 11 heteroatoms. The Labute approximate surface area is 251 Å². The van der Waals surface area contributed by atoms with Gasteiger partial charge in [-0.15, -0.1) is 0 Å². The summed E-state index contributed by atoms with van der Waals surface area (Å²) in [5.41, 5.74) is 6.47. The molecule has 2 N–H and O–H groups in total. The molecule has 1 aliphatic rings. The summed E-state index contributed by atoms with van der Waals surface area (Å²) in [6.07, 6.45) is 0.631. The summed E-state index contributed by atoms with van der Waals surface area (Å²) in [4.78, 5) is 15.0. The number of ether oxygens (including phenoxy) is 3. The van der Waals surface area contributed by atoms with E-state index in [2.05, 4.69) is 23.4 Å². The van der Waals surface area contributed by atoms with Crippen LogP contribution >= 0.6 is 0 Å². The highest BCUT2D eigenvalue weighted by molar-refractivity contribution is 7.89. The topological polar surface area (TPSA) is 134 Å². The average Bonchev–Trinajstić information content (AvgIpc) is 3.30. The number of benzene rings is 3. The maximum Gasteiger partial charge on any atom is 0.260 e. The van der Waals surface area contributed by atoms with Crippen LogP contribution in [0, 0.1) is 20.8 Å². The lowest BCUT2D eigenvalue weighted by atomic mass is 9.96. The van der Waals surface area contributed by atoms with Crippen LogP contribution in [-0.2, 0) is 32.5 Å². The van der Waals surface area contributed by atoms with Gasteiger partial charge in [0.25, 0.3) is 5.91 Å². The van der Waals surface area contributed by atoms with Gasteiger partial charge < -0.3 is 23.6 Å². The Morgan fingerprint density at radius 3 is 2.56 bits per heavy atom. The summed E-state index contributed by atoms with van der Waals surface area (Å²) in [5.74, 6) is 1.75. The van der Waals surface area contributed by atoms with E-state index in [9.17, 15) is 13.2 Å². The van der Waals surface area contributed by atoms with Crippen molar-refractivity contribution in [2.75, 3.05) is 33.0 Å². The predicted octanol–water partition coefficient (Wildman–Crippen LogP) is 4.32. The number of sulfonamides is 1. The molecule has 0 saturated carbocycles. The number of carbonyl (C=O) groups excluding carboxylic acids is 1. The van der Waals surface area contributed by atoms with Crippen molar-refractivity contribution >= 4 is 15.9 Å². The third-order valence-electron chi connectivity index (χ3n) is 7.31. The molecule has 0 atom stereocenters. The third-order valence-corrected chi connectivity index (χ3v) is 8.22. The van der Waals surface area contributed by atoms with Crippen molar-refractivity contribution in [3.8, 4) is 22.6 Å². The largest absolute Gasteiger partial charge is 0.491 e. The highest BCUT2D eigenvalue weighted by atomic mass is 32.2. The lowest BCUT2D eigenvalue weighted by Crippen LogP contribution is -2.37. The zero-order valence-electron chi connectivity index (χ0n) is 24.5. The zero-order valence-corrected chi connectivity index (χ0v) is 25.3. The highest BCUT2D eigenvalue weighted by Gasteiger charge is 2.19. The van der Waals surface area contributed by atoms with Crippen LogP contribution < -0.4 is 14.6 Å². The lowest BCUT2D eigenvalue weighted by molar-refractivity contribution is -0.134. The van der Waals surface area contributed by atoms with Crippen LogP contribution in [0.5, 0.6) is 11.5 Å². The van der Waals surface area contributed by atoms with Crippen LogP contribution in [0.3, 0.4) is 0 Å². The van der Waals surface area contributed by atoms with E-state index in [1.54, 1.807) is 11.8 Å². The van der Waals surface area contributed by atoms with Crippen LogP contribution in [0.2, 0.25) is 0 Å². The molecule has 3 aromatic carbocycles. The fraction of sp³-hybridized carbons (Fsp3) is 0.312. The zero-order chi connectivity index (χ0) is 30.6. The number of aryl methyl sites for hydroxylation is 3. The molecule has 1 amide bonds. The summed E-state index contributed by atoms with van der Waals surface area (Å²) in [5, 5.41) is 9.32. The number of hydrogen-bond donors (Lipinski definition) is 1. The van der Waals surface area contributed by atoms with Gasteiger partial charge in [0.15, 0.2) is 6.61 Å². The Bertz CT molecular complexity index is 1710. The van der Waals surface area contributed by atoms with Gasteiger partial charge in [0.2, 0.25) is 10.0 Å². The number of amides is 1. The van der Waals surface area contributed by atoms with E-state index in [0.29, 0.717) is 50.6 Å². The minimum Gasteiger partial charge on any atom is -0.491 e. The molecular weight excluding hydrogens is 570 g/mol. The van der Waals surface area contributed by atoms with Gasteiger partial charge in [-0.1, -0.05) is 35.5 Å². The Hall–Kier alpha value is -4.19. The first-order valence-corrected chi connectivity index (χ1v) is 15.5. The number of fused-ring (bicyclic) bond motifs is 3. The normalized spacial score (nSPS) is 14.4. The van der Waals surface area contributed by atoms with Crippen molar-refractivity contribution in [2.24, 2.45) is 5.14 Å². The molecule has 226 valence electrons.